The highest BCUT2D eigenvalue weighted by Crippen LogP contribution is 2.18. The van der Waals surface area contributed by atoms with Gasteiger partial charge in [0.2, 0.25) is 0 Å². The van der Waals surface area contributed by atoms with E-state index in [2.05, 4.69) is 46.4 Å². The first-order chi connectivity index (χ1) is 10.3. The molecule has 1 N–H and O–H groups in total. The normalized spacial score (nSPS) is 10.9. The number of methoxy groups -OCH3 is 1. The SMILES string of the molecule is COCCNCc1ccc2ccn(CCCCC#N)c2c1. The highest BCUT2D eigenvalue weighted by molar-refractivity contribution is 5.80. The molecule has 0 aliphatic rings. The topological polar surface area (TPSA) is 50.0 Å². The van der Waals surface area contributed by atoms with Gasteiger partial charge in [-0.25, -0.2) is 0 Å². The molecule has 1 aromatic heterocycles. The van der Waals surface area contributed by atoms with Crippen molar-refractivity contribution >= 4 is 10.9 Å². The third-order valence-corrected chi connectivity index (χ3v) is 3.59. The molecule has 0 aliphatic heterocycles. The monoisotopic (exact) mass is 285 g/mol. The van der Waals surface area contributed by atoms with Crippen LogP contribution in [0.3, 0.4) is 0 Å². The molecule has 0 saturated heterocycles. The molecule has 0 atom stereocenters. The van der Waals surface area contributed by atoms with Gasteiger partial charge < -0.3 is 14.6 Å². The molecule has 2 aromatic rings. The maximum absolute atomic E-state index is 8.58. The summed E-state index contributed by atoms with van der Waals surface area (Å²) < 4.78 is 7.31. The van der Waals surface area contributed by atoms with Crippen LogP contribution < -0.4 is 5.32 Å². The molecule has 2 rings (SSSR count). The van der Waals surface area contributed by atoms with E-state index in [4.69, 9.17) is 10.00 Å². The van der Waals surface area contributed by atoms with Crippen molar-refractivity contribution in [1.82, 2.24) is 9.88 Å². The lowest BCUT2D eigenvalue weighted by molar-refractivity contribution is 0.199. The Balaban J connectivity index is 1.97. The molecule has 21 heavy (non-hydrogen) atoms. The van der Waals surface area contributed by atoms with Crippen molar-refractivity contribution in [3.8, 4) is 6.07 Å². The van der Waals surface area contributed by atoms with Crippen LogP contribution in [0.1, 0.15) is 24.8 Å². The van der Waals surface area contributed by atoms with Crippen molar-refractivity contribution in [2.45, 2.75) is 32.4 Å². The van der Waals surface area contributed by atoms with Gasteiger partial charge >= 0.3 is 0 Å². The molecule has 0 fully saturated rings. The average molecular weight is 285 g/mol. The molecule has 0 saturated carbocycles. The van der Waals surface area contributed by atoms with Gasteiger partial charge in [0.25, 0.3) is 0 Å². The van der Waals surface area contributed by atoms with Crippen LogP contribution in [0, 0.1) is 11.3 Å². The van der Waals surface area contributed by atoms with Crippen LogP contribution in [0.25, 0.3) is 10.9 Å². The lowest BCUT2D eigenvalue weighted by atomic mass is 10.1. The molecule has 4 nitrogen and oxygen atoms in total. The zero-order chi connectivity index (χ0) is 14.9. The van der Waals surface area contributed by atoms with Crippen LogP contribution in [-0.4, -0.2) is 24.8 Å². The summed E-state index contributed by atoms with van der Waals surface area (Å²) >= 11 is 0. The Bertz CT molecular complexity index is 598. The lowest BCUT2D eigenvalue weighted by Crippen LogP contribution is -2.18. The summed E-state index contributed by atoms with van der Waals surface area (Å²) in [4.78, 5) is 0. The molecular weight excluding hydrogens is 262 g/mol. The van der Waals surface area contributed by atoms with Crippen molar-refractivity contribution in [2.75, 3.05) is 20.3 Å². The number of nitriles is 1. The zero-order valence-corrected chi connectivity index (χ0v) is 12.6. The van der Waals surface area contributed by atoms with Crippen LogP contribution in [0.2, 0.25) is 0 Å². The maximum Gasteiger partial charge on any atom is 0.0621 e. The standard InChI is InChI=1S/C17H23N3O/c1-21-12-9-19-14-15-5-6-16-7-11-20(17(16)13-15)10-4-2-3-8-18/h5-7,11,13,19H,2-4,9-10,12,14H2,1H3. The van der Waals surface area contributed by atoms with E-state index >= 15 is 0 Å². The van der Waals surface area contributed by atoms with E-state index in [-0.39, 0.29) is 0 Å². The van der Waals surface area contributed by atoms with Gasteiger partial charge in [0, 0.05) is 44.9 Å². The van der Waals surface area contributed by atoms with Crippen molar-refractivity contribution in [2.24, 2.45) is 0 Å². The van der Waals surface area contributed by atoms with E-state index in [0.29, 0.717) is 6.42 Å². The number of unbranched alkanes of at least 4 members (excludes halogenated alkanes) is 2. The van der Waals surface area contributed by atoms with E-state index in [9.17, 15) is 0 Å². The molecule has 0 unspecified atom stereocenters. The minimum atomic E-state index is 0.647. The lowest BCUT2D eigenvalue weighted by Gasteiger charge is -2.08. The molecular formula is C17H23N3O. The molecule has 0 amide bonds. The molecule has 0 aliphatic carbocycles. The summed E-state index contributed by atoms with van der Waals surface area (Å²) in [5.74, 6) is 0. The highest BCUT2D eigenvalue weighted by atomic mass is 16.5. The smallest absolute Gasteiger partial charge is 0.0621 e. The second-order valence-electron chi connectivity index (χ2n) is 5.19. The molecule has 1 heterocycles. The van der Waals surface area contributed by atoms with Crippen LogP contribution in [0.15, 0.2) is 30.5 Å². The van der Waals surface area contributed by atoms with Gasteiger partial charge in [0.15, 0.2) is 0 Å². The first kappa shape index (κ1) is 15.6. The van der Waals surface area contributed by atoms with E-state index in [1.54, 1.807) is 7.11 Å². The molecule has 1 aromatic carbocycles. The van der Waals surface area contributed by atoms with Crippen molar-refractivity contribution in [3.63, 3.8) is 0 Å². The minimum absolute atomic E-state index is 0.647. The third kappa shape index (κ3) is 4.59. The van der Waals surface area contributed by atoms with Gasteiger partial charge in [-0.15, -0.1) is 0 Å². The van der Waals surface area contributed by atoms with Crippen molar-refractivity contribution < 1.29 is 4.74 Å². The molecule has 0 radical (unpaired) electrons. The Morgan fingerprint density at radius 1 is 1.29 bits per heavy atom. The summed E-state index contributed by atoms with van der Waals surface area (Å²) in [5, 5.41) is 13.2. The van der Waals surface area contributed by atoms with Gasteiger partial charge in [-0.2, -0.15) is 5.26 Å². The second kappa shape index (κ2) is 8.46. The van der Waals surface area contributed by atoms with Crippen LogP contribution >= 0.6 is 0 Å². The van der Waals surface area contributed by atoms with E-state index in [1.165, 1.54) is 16.5 Å². The number of nitrogens with one attached hydrogen (secondary N) is 1. The van der Waals surface area contributed by atoms with Gasteiger partial charge in [0.1, 0.15) is 0 Å². The average Bonchev–Trinajstić information content (AvgIpc) is 2.91. The van der Waals surface area contributed by atoms with Crippen molar-refractivity contribution in [3.05, 3.63) is 36.0 Å². The minimum Gasteiger partial charge on any atom is -0.383 e. The number of aromatic nitrogens is 1. The quantitative estimate of drug-likeness (QED) is 0.720. The fraction of sp³-hybridized carbons (Fsp3) is 0.471. The Hall–Kier alpha value is -1.83. The Kier molecular flexibility index (Phi) is 6.26. The third-order valence-electron chi connectivity index (χ3n) is 3.59. The number of hydrogen-bond donors (Lipinski definition) is 1. The van der Waals surface area contributed by atoms with E-state index in [1.807, 2.05) is 0 Å². The molecule has 0 bridgehead atoms. The van der Waals surface area contributed by atoms with Crippen LogP contribution in [0.5, 0.6) is 0 Å². The number of ether oxygens (including phenoxy) is 1. The second-order valence-corrected chi connectivity index (χ2v) is 5.19. The molecule has 112 valence electrons. The van der Waals surface area contributed by atoms with Gasteiger partial charge in [-0.1, -0.05) is 12.1 Å². The van der Waals surface area contributed by atoms with Crippen molar-refractivity contribution in [1.29, 1.82) is 5.26 Å². The summed E-state index contributed by atoms with van der Waals surface area (Å²) in [5.41, 5.74) is 2.56. The Labute approximate surface area is 126 Å². The Morgan fingerprint density at radius 2 is 2.19 bits per heavy atom. The Morgan fingerprint density at radius 3 is 3.00 bits per heavy atom. The summed E-state index contributed by atoms with van der Waals surface area (Å²) in [6, 6.07) is 10.9. The number of aryl methyl sites for hydroxylation is 1. The predicted octanol–water partition coefficient (Wildman–Crippen LogP) is 3.07. The predicted molar refractivity (Wildman–Crippen MR) is 85.0 cm³/mol. The number of nitrogens with zero attached hydrogens (tertiary/aromatic N) is 2. The fourth-order valence-corrected chi connectivity index (χ4v) is 2.43. The maximum atomic E-state index is 8.58. The molecule has 4 heteroatoms. The largest absolute Gasteiger partial charge is 0.383 e. The van der Waals surface area contributed by atoms with E-state index in [0.717, 1.165) is 39.1 Å². The highest BCUT2D eigenvalue weighted by Gasteiger charge is 2.02. The van der Waals surface area contributed by atoms with Crippen LogP contribution in [-0.2, 0) is 17.8 Å². The summed E-state index contributed by atoms with van der Waals surface area (Å²) in [6.45, 7) is 3.44. The fourth-order valence-electron chi connectivity index (χ4n) is 2.43. The van der Waals surface area contributed by atoms with E-state index < -0.39 is 0 Å². The first-order valence-corrected chi connectivity index (χ1v) is 7.49. The van der Waals surface area contributed by atoms with Gasteiger partial charge in [0.05, 0.1) is 12.7 Å². The van der Waals surface area contributed by atoms with Gasteiger partial charge in [-0.05, 0) is 35.9 Å². The number of benzene rings is 1. The van der Waals surface area contributed by atoms with Crippen LogP contribution in [0.4, 0.5) is 0 Å². The zero-order valence-electron chi connectivity index (χ0n) is 12.6. The summed E-state index contributed by atoms with van der Waals surface area (Å²) in [6.07, 6.45) is 4.80. The number of fused-ring (bicyclic) bond motifs is 1. The molecule has 0 spiro atoms. The number of hydrogen-bond acceptors (Lipinski definition) is 3. The number of rotatable bonds is 9. The van der Waals surface area contributed by atoms with Gasteiger partial charge in [-0.3, -0.25) is 0 Å². The summed E-state index contributed by atoms with van der Waals surface area (Å²) in [7, 11) is 1.72. The first-order valence-electron chi connectivity index (χ1n) is 7.49.